The maximum atomic E-state index is 14.0. The van der Waals surface area contributed by atoms with Crippen molar-refractivity contribution in [2.75, 3.05) is 25.1 Å². The number of hydrogen-bond acceptors (Lipinski definition) is 5. The molecule has 2 rings (SSSR count). The first-order valence-electron chi connectivity index (χ1n) is 5.16. The molecule has 1 atom stereocenters. The van der Waals surface area contributed by atoms with Gasteiger partial charge in [-0.2, -0.15) is 4.98 Å². The molecule has 2 N–H and O–H groups in total. The second-order valence-electron chi connectivity index (χ2n) is 3.90. The molecule has 0 saturated carbocycles. The van der Waals surface area contributed by atoms with Gasteiger partial charge in [0.1, 0.15) is 0 Å². The molecule has 0 aromatic carbocycles. The Kier molecular flexibility index (Phi) is 2.83. The average Bonchev–Trinajstić information content (AvgIpc) is 2.74. The summed E-state index contributed by atoms with van der Waals surface area (Å²) < 4.78 is 18.9. The summed E-state index contributed by atoms with van der Waals surface area (Å²) in [6.45, 7) is 0.238. The number of ether oxygens (including phenoxy) is 1. The van der Waals surface area contributed by atoms with Gasteiger partial charge in [-0.3, -0.25) is 4.79 Å². The smallest absolute Gasteiger partial charge is 0.257 e. The third-order valence-electron chi connectivity index (χ3n) is 2.77. The standard InChI is InChI=1S/C10H13FN4O2/c1-17-7-2-4-13-9(14-7)15-5-3-10(11,6-15)8(12)16/h2,4H,3,5-6H2,1H3,(H2,12,16). The van der Waals surface area contributed by atoms with E-state index in [9.17, 15) is 9.18 Å². The highest BCUT2D eigenvalue weighted by Crippen LogP contribution is 2.28. The molecule has 1 aliphatic heterocycles. The number of aromatic nitrogens is 2. The highest BCUT2D eigenvalue weighted by Gasteiger charge is 2.44. The van der Waals surface area contributed by atoms with Crippen LogP contribution in [0, 0.1) is 0 Å². The minimum atomic E-state index is -1.99. The van der Waals surface area contributed by atoms with Gasteiger partial charge < -0.3 is 15.4 Å². The van der Waals surface area contributed by atoms with Crippen molar-refractivity contribution < 1.29 is 13.9 Å². The molecule has 17 heavy (non-hydrogen) atoms. The first kappa shape index (κ1) is 11.6. The van der Waals surface area contributed by atoms with Crippen LogP contribution >= 0.6 is 0 Å². The van der Waals surface area contributed by atoms with Gasteiger partial charge in [-0.15, -0.1) is 0 Å². The Labute approximate surface area is 97.6 Å². The van der Waals surface area contributed by atoms with Crippen molar-refractivity contribution in [2.45, 2.75) is 12.1 Å². The summed E-state index contributed by atoms with van der Waals surface area (Å²) in [4.78, 5) is 20.6. The van der Waals surface area contributed by atoms with Gasteiger partial charge in [0.05, 0.1) is 13.7 Å². The molecule has 7 heteroatoms. The monoisotopic (exact) mass is 240 g/mol. The highest BCUT2D eigenvalue weighted by molar-refractivity contribution is 5.84. The second kappa shape index (κ2) is 4.15. The van der Waals surface area contributed by atoms with Gasteiger partial charge in [0.2, 0.25) is 17.5 Å². The Morgan fingerprint density at radius 1 is 1.71 bits per heavy atom. The maximum Gasteiger partial charge on any atom is 0.257 e. The largest absolute Gasteiger partial charge is 0.481 e. The van der Waals surface area contributed by atoms with Crippen molar-refractivity contribution in [3.8, 4) is 5.88 Å². The molecule has 1 unspecified atom stereocenters. The lowest BCUT2D eigenvalue weighted by atomic mass is 10.1. The topological polar surface area (TPSA) is 81.3 Å². The van der Waals surface area contributed by atoms with E-state index in [1.54, 1.807) is 11.0 Å². The van der Waals surface area contributed by atoms with E-state index >= 15 is 0 Å². The Morgan fingerprint density at radius 3 is 3.06 bits per heavy atom. The quantitative estimate of drug-likeness (QED) is 0.797. The van der Waals surface area contributed by atoms with Crippen LogP contribution in [0.3, 0.4) is 0 Å². The predicted octanol–water partition coefficient (Wildman–Crippen LogP) is -0.111. The zero-order chi connectivity index (χ0) is 12.5. The van der Waals surface area contributed by atoms with Crippen LogP contribution in [0.2, 0.25) is 0 Å². The summed E-state index contributed by atoms with van der Waals surface area (Å²) in [5.74, 6) is -0.210. The normalized spacial score (nSPS) is 23.8. The molecule has 1 amide bonds. The first-order valence-corrected chi connectivity index (χ1v) is 5.16. The number of primary amides is 1. The molecule has 1 aliphatic rings. The van der Waals surface area contributed by atoms with Crippen LogP contribution in [0.5, 0.6) is 5.88 Å². The van der Waals surface area contributed by atoms with Gasteiger partial charge in [-0.25, -0.2) is 9.37 Å². The van der Waals surface area contributed by atoms with Crippen molar-refractivity contribution >= 4 is 11.9 Å². The Bertz CT molecular complexity index is 442. The highest BCUT2D eigenvalue weighted by atomic mass is 19.1. The van der Waals surface area contributed by atoms with Crippen LogP contribution in [-0.4, -0.2) is 41.7 Å². The molecule has 92 valence electrons. The van der Waals surface area contributed by atoms with Crippen molar-refractivity contribution in [3.05, 3.63) is 12.3 Å². The van der Waals surface area contributed by atoms with Crippen LogP contribution in [-0.2, 0) is 4.79 Å². The van der Waals surface area contributed by atoms with E-state index in [4.69, 9.17) is 10.5 Å². The lowest BCUT2D eigenvalue weighted by Crippen LogP contribution is -2.42. The number of rotatable bonds is 3. The van der Waals surface area contributed by atoms with Gasteiger partial charge in [0.15, 0.2) is 0 Å². The van der Waals surface area contributed by atoms with E-state index in [-0.39, 0.29) is 13.0 Å². The molecule has 1 aromatic rings. The SMILES string of the molecule is COc1ccnc(N2CCC(F)(C(N)=O)C2)n1. The van der Waals surface area contributed by atoms with Gasteiger partial charge in [-0.1, -0.05) is 0 Å². The van der Waals surface area contributed by atoms with E-state index in [2.05, 4.69) is 9.97 Å². The van der Waals surface area contributed by atoms with Gasteiger partial charge in [0.25, 0.3) is 5.91 Å². The van der Waals surface area contributed by atoms with E-state index < -0.39 is 11.6 Å². The lowest BCUT2D eigenvalue weighted by Gasteiger charge is -2.18. The summed E-state index contributed by atoms with van der Waals surface area (Å²) in [6, 6.07) is 1.59. The fraction of sp³-hybridized carbons (Fsp3) is 0.500. The lowest BCUT2D eigenvalue weighted by molar-refractivity contribution is -0.128. The van der Waals surface area contributed by atoms with Crippen LogP contribution in [0.25, 0.3) is 0 Å². The van der Waals surface area contributed by atoms with E-state index in [0.29, 0.717) is 18.4 Å². The number of amides is 1. The van der Waals surface area contributed by atoms with Gasteiger partial charge in [-0.05, 0) is 0 Å². The van der Waals surface area contributed by atoms with E-state index in [0.717, 1.165) is 0 Å². The van der Waals surface area contributed by atoms with E-state index in [1.165, 1.54) is 13.3 Å². The van der Waals surface area contributed by atoms with Gasteiger partial charge in [0, 0.05) is 25.2 Å². The third kappa shape index (κ3) is 2.13. The zero-order valence-electron chi connectivity index (χ0n) is 9.39. The first-order chi connectivity index (χ1) is 8.05. The van der Waals surface area contributed by atoms with Gasteiger partial charge >= 0.3 is 0 Å². The summed E-state index contributed by atoms with van der Waals surface area (Å²) >= 11 is 0. The number of hydrogen-bond donors (Lipinski definition) is 1. The number of carbonyl (C=O) groups is 1. The minimum Gasteiger partial charge on any atom is -0.481 e. The van der Waals surface area contributed by atoms with Crippen molar-refractivity contribution in [1.82, 2.24) is 9.97 Å². The third-order valence-corrected chi connectivity index (χ3v) is 2.77. The number of anilines is 1. The molecule has 0 bridgehead atoms. The number of carbonyl (C=O) groups excluding carboxylic acids is 1. The molecule has 0 aliphatic carbocycles. The second-order valence-corrected chi connectivity index (χ2v) is 3.90. The van der Waals surface area contributed by atoms with Crippen molar-refractivity contribution in [1.29, 1.82) is 0 Å². The Hall–Kier alpha value is -1.92. The van der Waals surface area contributed by atoms with Crippen molar-refractivity contribution in [3.63, 3.8) is 0 Å². The maximum absolute atomic E-state index is 14.0. The van der Waals surface area contributed by atoms with Crippen LogP contribution in [0.4, 0.5) is 10.3 Å². The summed E-state index contributed by atoms with van der Waals surface area (Å²) in [5.41, 5.74) is 3.03. The molecule has 6 nitrogen and oxygen atoms in total. The predicted molar refractivity (Wildman–Crippen MR) is 58.4 cm³/mol. The summed E-state index contributed by atoms with van der Waals surface area (Å²) in [6.07, 6.45) is 1.58. The molecule has 1 fully saturated rings. The number of alkyl halides is 1. The van der Waals surface area contributed by atoms with Crippen molar-refractivity contribution in [2.24, 2.45) is 5.73 Å². The van der Waals surface area contributed by atoms with Crippen LogP contribution < -0.4 is 15.4 Å². The number of halogens is 1. The molecule has 1 saturated heterocycles. The minimum absolute atomic E-state index is 0.0584. The number of nitrogens with two attached hydrogens (primary N) is 1. The molecule has 2 heterocycles. The molecule has 0 radical (unpaired) electrons. The average molecular weight is 240 g/mol. The molecule has 0 spiro atoms. The molecular weight excluding hydrogens is 227 g/mol. The Morgan fingerprint density at radius 2 is 2.47 bits per heavy atom. The summed E-state index contributed by atoms with van der Waals surface area (Å²) in [7, 11) is 1.49. The number of nitrogens with zero attached hydrogens (tertiary/aromatic N) is 3. The molecule has 1 aromatic heterocycles. The summed E-state index contributed by atoms with van der Waals surface area (Å²) in [5, 5.41) is 0. The zero-order valence-corrected chi connectivity index (χ0v) is 9.39. The Balaban J connectivity index is 2.17. The fourth-order valence-corrected chi connectivity index (χ4v) is 1.74. The fourth-order valence-electron chi connectivity index (χ4n) is 1.74. The van der Waals surface area contributed by atoms with Crippen LogP contribution in [0.15, 0.2) is 12.3 Å². The molecular formula is C10H13FN4O2. The van der Waals surface area contributed by atoms with Crippen LogP contribution in [0.1, 0.15) is 6.42 Å². The van der Waals surface area contributed by atoms with E-state index in [1.807, 2.05) is 0 Å². The number of methoxy groups -OCH3 is 1.